The Morgan fingerprint density at radius 2 is 1.11 bits per heavy atom. The van der Waals surface area contributed by atoms with E-state index in [1.807, 2.05) is 6.26 Å². The predicted molar refractivity (Wildman–Crippen MR) is 154 cm³/mol. The summed E-state index contributed by atoms with van der Waals surface area (Å²) in [5.74, 6) is 0. The highest BCUT2D eigenvalue weighted by Gasteiger charge is 2.62. The molecule has 0 aromatic heterocycles. The lowest BCUT2D eigenvalue weighted by atomic mass is 10.1. The summed E-state index contributed by atoms with van der Waals surface area (Å²) in [6, 6.07) is 0. The molecule has 0 spiro atoms. The molecule has 1 saturated heterocycles. The van der Waals surface area contributed by atoms with Crippen molar-refractivity contribution in [3.8, 4) is 0 Å². The second-order valence-corrected chi connectivity index (χ2v) is 27.2. The van der Waals surface area contributed by atoms with Gasteiger partial charge in [0.05, 0.1) is 19.0 Å². The average molecular weight is 545 g/mol. The number of rotatable bonds is 10. The zero-order valence-electron chi connectivity index (χ0n) is 25.2. The summed E-state index contributed by atoms with van der Waals surface area (Å²) in [4.78, 5) is 0. The lowest BCUT2D eigenvalue weighted by Gasteiger charge is -2.46. The van der Waals surface area contributed by atoms with E-state index in [2.05, 4.69) is 103 Å². The fourth-order valence-corrected chi connectivity index (χ4v) is 23.5. The van der Waals surface area contributed by atoms with E-state index in [0.29, 0.717) is 45.4 Å². The standard InChI is InChI=1S/C27H56O5Si3/c1-18(2)33(19(3)4,20(5)6)29-17-26-27-25(15-16-28-26)30-34(21(7)8,22(9)10)32-35(31-27,23(11)12)24(13)14/h15-16,18-27H,17H2,1-14H3/t25-,26-,27+/m1/s1. The summed E-state index contributed by atoms with van der Waals surface area (Å²) in [6.07, 6.45) is 3.28. The molecular formula is C27H56O5Si3. The van der Waals surface area contributed by atoms with Crippen LogP contribution in [-0.4, -0.2) is 50.4 Å². The van der Waals surface area contributed by atoms with Crippen LogP contribution in [0.5, 0.6) is 0 Å². The molecule has 0 N–H and O–H groups in total. The maximum atomic E-state index is 7.34. The minimum atomic E-state index is -2.66. The maximum absolute atomic E-state index is 7.34. The molecule has 5 nitrogen and oxygen atoms in total. The van der Waals surface area contributed by atoms with Crippen LogP contribution >= 0.6 is 0 Å². The lowest BCUT2D eigenvalue weighted by Crippen LogP contribution is -2.60. The van der Waals surface area contributed by atoms with Crippen molar-refractivity contribution in [3.05, 3.63) is 12.3 Å². The second-order valence-electron chi connectivity index (χ2n) is 13.0. The number of hydrogen-bond acceptors (Lipinski definition) is 5. The summed E-state index contributed by atoms with van der Waals surface area (Å²) in [7, 11) is -7.30. The Morgan fingerprint density at radius 1 is 0.686 bits per heavy atom. The first-order valence-corrected chi connectivity index (χ1v) is 20.2. The van der Waals surface area contributed by atoms with Crippen molar-refractivity contribution in [2.45, 2.75) is 154 Å². The molecule has 0 aromatic rings. The summed E-state index contributed by atoms with van der Waals surface area (Å²) >= 11 is 0. The molecule has 0 bridgehead atoms. The normalized spacial score (nSPS) is 26.8. The molecule has 2 rings (SSSR count). The van der Waals surface area contributed by atoms with Gasteiger partial charge in [0.15, 0.2) is 0 Å². The first-order valence-electron chi connectivity index (χ1n) is 14.1. The third kappa shape index (κ3) is 5.73. The maximum Gasteiger partial charge on any atom is 0.335 e. The van der Waals surface area contributed by atoms with Crippen molar-refractivity contribution in [3.63, 3.8) is 0 Å². The van der Waals surface area contributed by atoms with Crippen LogP contribution in [0.25, 0.3) is 0 Å². The van der Waals surface area contributed by atoms with Gasteiger partial charge in [0.2, 0.25) is 8.32 Å². The quantitative estimate of drug-likeness (QED) is 0.258. The largest absolute Gasteiger partial charge is 0.493 e. The minimum absolute atomic E-state index is 0.172. The van der Waals surface area contributed by atoms with Crippen LogP contribution in [0.4, 0.5) is 0 Å². The first kappa shape index (κ1) is 31.2. The Morgan fingerprint density at radius 3 is 1.51 bits per heavy atom. The Kier molecular flexibility index (Phi) is 10.6. The van der Waals surface area contributed by atoms with Gasteiger partial charge in [-0.05, 0) is 44.9 Å². The molecule has 0 radical (unpaired) electrons. The van der Waals surface area contributed by atoms with Gasteiger partial charge < -0.3 is 22.1 Å². The fourth-order valence-electron chi connectivity index (χ4n) is 6.80. The minimum Gasteiger partial charge on any atom is -0.493 e. The number of fused-ring (bicyclic) bond motifs is 1. The van der Waals surface area contributed by atoms with Crippen molar-refractivity contribution in [2.75, 3.05) is 6.61 Å². The number of ether oxygens (including phenoxy) is 1. The smallest absolute Gasteiger partial charge is 0.335 e. The van der Waals surface area contributed by atoms with Crippen molar-refractivity contribution in [2.24, 2.45) is 0 Å². The molecule has 0 unspecified atom stereocenters. The van der Waals surface area contributed by atoms with E-state index in [1.165, 1.54) is 0 Å². The topological polar surface area (TPSA) is 46.2 Å². The predicted octanol–water partition coefficient (Wildman–Crippen LogP) is 8.42. The van der Waals surface area contributed by atoms with Gasteiger partial charge in [-0.3, -0.25) is 0 Å². The van der Waals surface area contributed by atoms with Gasteiger partial charge in [-0.1, -0.05) is 96.9 Å². The van der Waals surface area contributed by atoms with Crippen molar-refractivity contribution in [1.29, 1.82) is 0 Å². The molecule has 2 heterocycles. The monoisotopic (exact) mass is 544 g/mol. The van der Waals surface area contributed by atoms with Gasteiger partial charge in [0, 0.05) is 0 Å². The molecular weight excluding hydrogens is 489 g/mol. The van der Waals surface area contributed by atoms with Gasteiger partial charge in [-0.2, -0.15) is 0 Å². The van der Waals surface area contributed by atoms with Crippen LogP contribution in [0.15, 0.2) is 12.3 Å². The van der Waals surface area contributed by atoms with Crippen LogP contribution in [0.2, 0.25) is 38.8 Å². The Bertz CT molecular complexity index is 667. The number of hydrogen-bond donors (Lipinski definition) is 0. The zero-order valence-corrected chi connectivity index (χ0v) is 28.2. The van der Waals surface area contributed by atoms with Gasteiger partial charge in [0.1, 0.15) is 12.2 Å². The Balaban J connectivity index is 2.53. The molecule has 35 heavy (non-hydrogen) atoms. The second kappa shape index (κ2) is 11.8. The van der Waals surface area contributed by atoms with E-state index in [0.717, 1.165) is 0 Å². The molecule has 0 amide bonds. The highest BCUT2D eigenvalue weighted by atomic mass is 28.5. The molecule has 206 valence electrons. The van der Waals surface area contributed by atoms with E-state index < -0.39 is 25.4 Å². The summed E-state index contributed by atoms with van der Waals surface area (Å²) in [6.45, 7) is 32.7. The van der Waals surface area contributed by atoms with Crippen LogP contribution in [0.1, 0.15) is 96.9 Å². The van der Waals surface area contributed by atoms with Crippen LogP contribution < -0.4 is 0 Å². The van der Waals surface area contributed by atoms with E-state index >= 15 is 0 Å². The Hall–Kier alpha value is 0.0306. The summed E-state index contributed by atoms with van der Waals surface area (Å²) < 4.78 is 35.0. The fraction of sp³-hybridized carbons (Fsp3) is 0.926. The molecule has 0 aliphatic carbocycles. The van der Waals surface area contributed by atoms with Crippen molar-refractivity contribution >= 4 is 25.4 Å². The molecule has 0 aromatic carbocycles. The molecule has 0 saturated carbocycles. The summed E-state index contributed by atoms with van der Waals surface area (Å²) in [5.41, 5.74) is 2.82. The van der Waals surface area contributed by atoms with Crippen molar-refractivity contribution in [1.82, 2.24) is 0 Å². The van der Waals surface area contributed by atoms with Crippen LogP contribution in [-0.2, 0) is 22.1 Å². The third-order valence-electron chi connectivity index (χ3n) is 8.60. The van der Waals surface area contributed by atoms with E-state index in [1.54, 1.807) is 0 Å². The summed E-state index contributed by atoms with van der Waals surface area (Å²) in [5, 5.41) is 0. The van der Waals surface area contributed by atoms with Crippen molar-refractivity contribution < 1.29 is 22.1 Å². The van der Waals surface area contributed by atoms with Gasteiger partial charge in [-0.25, -0.2) is 0 Å². The molecule has 3 atom stereocenters. The van der Waals surface area contributed by atoms with E-state index in [-0.39, 0.29) is 18.3 Å². The van der Waals surface area contributed by atoms with E-state index in [4.69, 9.17) is 22.1 Å². The SMILES string of the molecule is CC(C)[Si]1(C(C)C)O[C@H]2[C@@H](C=CO[C@@H]2CO[Si](C(C)C)(C(C)C)C(C)C)O[Si](C(C)C)(C(C)C)O1. The van der Waals surface area contributed by atoms with Gasteiger partial charge in [0.25, 0.3) is 0 Å². The van der Waals surface area contributed by atoms with Crippen LogP contribution in [0, 0.1) is 0 Å². The van der Waals surface area contributed by atoms with Gasteiger partial charge >= 0.3 is 17.1 Å². The average Bonchev–Trinajstić information content (AvgIpc) is 2.90. The first-order chi connectivity index (χ1) is 16.1. The highest BCUT2D eigenvalue weighted by Crippen LogP contribution is 2.49. The van der Waals surface area contributed by atoms with Crippen LogP contribution in [0.3, 0.4) is 0 Å². The lowest BCUT2D eigenvalue weighted by molar-refractivity contribution is -0.0652. The molecule has 2 aliphatic rings. The van der Waals surface area contributed by atoms with E-state index in [9.17, 15) is 0 Å². The third-order valence-corrected chi connectivity index (χ3v) is 24.9. The van der Waals surface area contributed by atoms with Gasteiger partial charge in [-0.15, -0.1) is 0 Å². The zero-order chi connectivity index (χ0) is 26.9. The highest BCUT2D eigenvalue weighted by molar-refractivity contribution is 6.84. The Labute approximate surface area is 220 Å². The molecule has 8 heteroatoms. The molecule has 1 fully saturated rings. The molecule has 2 aliphatic heterocycles.